The van der Waals surface area contributed by atoms with Crippen LogP contribution in [-0.4, -0.2) is 95.8 Å². The number of hydrogen-bond acceptors (Lipinski definition) is 9. The van der Waals surface area contributed by atoms with Gasteiger partial charge in [0.1, 0.15) is 24.2 Å². The van der Waals surface area contributed by atoms with Gasteiger partial charge in [-0.1, -0.05) is 27.7 Å². The highest BCUT2D eigenvalue weighted by Gasteiger charge is 2.32. The highest BCUT2D eigenvalue weighted by Crippen LogP contribution is 2.10. The zero-order chi connectivity index (χ0) is 37.0. The van der Waals surface area contributed by atoms with Crippen LogP contribution in [0.5, 0.6) is 0 Å². The fourth-order valence-electron chi connectivity index (χ4n) is 4.47. The van der Waals surface area contributed by atoms with Gasteiger partial charge >= 0.3 is 5.97 Å². The number of nitrogens with zero attached hydrogens (tertiary/aromatic N) is 2. The van der Waals surface area contributed by atoms with Crippen LogP contribution in [0.4, 0.5) is 0 Å². The van der Waals surface area contributed by atoms with Crippen LogP contribution in [-0.2, 0) is 28.8 Å². The van der Waals surface area contributed by atoms with Gasteiger partial charge in [0.05, 0.1) is 6.04 Å². The molecule has 48 heavy (non-hydrogen) atoms. The van der Waals surface area contributed by atoms with Crippen LogP contribution in [0.1, 0.15) is 79.1 Å². The third-order valence-corrected chi connectivity index (χ3v) is 6.86. The number of aliphatic imine (C=N–C) groups is 2. The molecular formula is C29H56N12O7. The second-order valence-corrected chi connectivity index (χ2v) is 12.4. The summed E-state index contributed by atoms with van der Waals surface area (Å²) in [6, 6.07) is -5.91. The third-order valence-electron chi connectivity index (χ3n) is 6.86. The zero-order valence-electron chi connectivity index (χ0n) is 28.4. The van der Waals surface area contributed by atoms with E-state index in [1.165, 1.54) is 0 Å². The highest BCUT2D eigenvalue weighted by molar-refractivity contribution is 5.95. The smallest absolute Gasteiger partial charge is 0.326 e. The second-order valence-electron chi connectivity index (χ2n) is 12.4. The number of nitrogens with two attached hydrogens (primary N) is 6. The number of carbonyl (C=O) groups excluding carboxylic acids is 5. The Hall–Kier alpha value is -4.68. The lowest BCUT2D eigenvalue weighted by Gasteiger charge is -2.27. The molecule has 0 aromatic carbocycles. The molecule has 0 bridgehead atoms. The fourth-order valence-corrected chi connectivity index (χ4v) is 4.47. The molecule has 0 aromatic heterocycles. The molecule has 5 amide bonds. The first-order chi connectivity index (χ1) is 22.3. The molecule has 274 valence electrons. The Bertz CT molecular complexity index is 1140. The number of rotatable bonds is 24. The van der Waals surface area contributed by atoms with E-state index in [1.54, 1.807) is 13.8 Å². The number of hydrogen-bond donors (Lipinski definition) is 11. The van der Waals surface area contributed by atoms with E-state index in [1.807, 2.05) is 13.8 Å². The van der Waals surface area contributed by atoms with Crippen molar-refractivity contribution in [3.05, 3.63) is 0 Å². The Labute approximate surface area is 281 Å². The van der Waals surface area contributed by atoms with Gasteiger partial charge in [-0.3, -0.25) is 34.0 Å². The van der Waals surface area contributed by atoms with Crippen LogP contribution in [0.25, 0.3) is 0 Å². The summed E-state index contributed by atoms with van der Waals surface area (Å²) < 4.78 is 0. The maximum Gasteiger partial charge on any atom is 0.326 e. The number of aliphatic carboxylic acids is 1. The van der Waals surface area contributed by atoms with E-state index in [9.17, 15) is 33.9 Å². The lowest BCUT2D eigenvalue weighted by atomic mass is 10.0. The van der Waals surface area contributed by atoms with E-state index in [0.29, 0.717) is 6.42 Å². The predicted molar refractivity (Wildman–Crippen MR) is 180 cm³/mol. The van der Waals surface area contributed by atoms with Crippen LogP contribution < -0.4 is 55.7 Å². The van der Waals surface area contributed by atoms with E-state index in [-0.39, 0.29) is 81.8 Å². The average molecular weight is 685 g/mol. The summed E-state index contributed by atoms with van der Waals surface area (Å²) in [6.45, 7) is 7.62. The van der Waals surface area contributed by atoms with Crippen LogP contribution >= 0.6 is 0 Å². The summed E-state index contributed by atoms with van der Waals surface area (Å²) >= 11 is 0. The summed E-state index contributed by atoms with van der Waals surface area (Å²) in [5.74, 6) is -5.34. The maximum atomic E-state index is 13.5. The number of carbonyl (C=O) groups is 6. The molecule has 0 saturated carbocycles. The van der Waals surface area contributed by atoms with Crippen molar-refractivity contribution in [1.29, 1.82) is 0 Å². The number of primary amides is 1. The topological polar surface area (TPSA) is 352 Å². The van der Waals surface area contributed by atoms with Gasteiger partial charge in [-0.05, 0) is 56.8 Å². The molecule has 0 saturated heterocycles. The van der Waals surface area contributed by atoms with Gasteiger partial charge in [-0.15, -0.1) is 0 Å². The molecular weight excluding hydrogens is 628 g/mol. The lowest BCUT2D eigenvalue weighted by molar-refractivity contribution is -0.142. The van der Waals surface area contributed by atoms with E-state index in [0.717, 1.165) is 0 Å². The number of carboxylic acids is 1. The van der Waals surface area contributed by atoms with Crippen molar-refractivity contribution in [2.75, 3.05) is 13.1 Å². The van der Waals surface area contributed by atoms with Gasteiger partial charge in [0, 0.05) is 19.5 Å². The average Bonchev–Trinajstić information content (AvgIpc) is 2.96. The standard InChI is InChI=1S/C29H56N12O7/c1-15(2)13-20(40-23(43)17(30)7-5-11-36-28(32)33)26(46)39-19(9-10-22(31)42)25(45)38-18(8-6-12-37-29(34)35)24(44)41-21(27(47)48)14-16(3)4/h15-21H,5-14,30H2,1-4H3,(H2,31,42)(H,38,45)(H,39,46)(H,40,43)(H,41,44)(H,47,48)(H4,32,33,36)(H4,34,35,37). The molecule has 5 unspecified atom stereocenters. The van der Waals surface area contributed by atoms with E-state index >= 15 is 0 Å². The lowest BCUT2D eigenvalue weighted by Crippen LogP contribution is -2.58. The van der Waals surface area contributed by atoms with Crippen LogP contribution in [0.15, 0.2) is 9.98 Å². The molecule has 0 radical (unpaired) electrons. The Morgan fingerprint density at radius 3 is 1.42 bits per heavy atom. The summed E-state index contributed by atoms with van der Waals surface area (Å²) in [5, 5.41) is 19.8. The van der Waals surface area contributed by atoms with Crippen molar-refractivity contribution in [3.8, 4) is 0 Å². The Balaban J connectivity index is 6.02. The van der Waals surface area contributed by atoms with Crippen molar-refractivity contribution < 1.29 is 33.9 Å². The van der Waals surface area contributed by atoms with E-state index in [4.69, 9.17) is 34.4 Å². The van der Waals surface area contributed by atoms with Crippen molar-refractivity contribution in [2.45, 2.75) is 109 Å². The number of nitrogens with one attached hydrogen (secondary N) is 4. The number of carboxylic acid groups (broad SMARTS) is 1. The first kappa shape index (κ1) is 43.3. The first-order valence-electron chi connectivity index (χ1n) is 15.9. The van der Waals surface area contributed by atoms with Crippen molar-refractivity contribution in [1.82, 2.24) is 21.3 Å². The van der Waals surface area contributed by atoms with Crippen molar-refractivity contribution in [2.24, 2.45) is 56.2 Å². The molecule has 0 heterocycles. The van der Waals surface area contributed by atoms with Crippen LogP contribution in [0.2, 0.25) is 0 Å². The van der Waals surface area contributed by atoms with Gasteiger partial charge in [-0.25, -0.2) is 4.79 Å². The molecule has 5 atom stereocenters. The summed E-state index contributed by atoms with van der Waals surface area (Å²) in [6.07, 6.45) is 0.672. The van der Waals surface area contributed by atoms with E-state index < -0.39 is 65.7 Å². The molecule has 0 spiro atoms. The third kappa shape index (κ3) is 19.7. The zero-order valence-corrected chi connectivity index (χ0v) is 28.4. The van der Waals surface area contributed by atoms with Gasteiger partial charge < -0.3 is 60.8 Å². The monoisotopic (exact) mass is 684 g/mol. The highest BCUT2D eigenvalue weighted by atomic mass is 16.4. The van der Waals surface area contributed by atoms with Crippen LogP contribution in [0.3, 0.4) is 0 Å². The minimum Gasteiger partial charge on any atom is -0.480 e. The quantitative estimate of drug-likeness (QED) is 0.0272. The van der Waals surface area contributed by atoms with Crippen LogP contribution in [0, 0.1) is 11.8 Å². The molecule has 0 aromatic rings. The minimum atomic E-state index is -1.36. The van der Waals surface area contributed by atoms with Crippen molar-refractivity contribution in [3.63, 3.8) is 0 Å². The van der Waals surface area contributed by atoms with Gasteiger partial charge in [0.2, 0.25) is 29.5 Å². The Kier molecular flexibility index (Phi) is 20.6. The number of guanidine groups is 2. The van der Waals surface area contributed by atoms with Gasteiger partial charge in [-0.2, -0.15) is 0 Å². The normalized spacial score (nSPS) is 14.1. The minimum absolute atomic E-state index is 0.00591. The van der Waals surface area contributed by atoms with Crippen molar-refractivity contribution >= 4 is 47.4 Å². The molecule has 19 heteroatoms. The first-order valence-corrected chi connectivity index (χ1v) is 15.9. The molecule has 19 nitrogen and oxygen atoms in total. The maximum absolute atomic E-state index is 13.5. The molecule has 0 aliphatic rings. The summed E-state index contributed by atoms with van der Waals surface area (Å²) in [7, 11) is 0. The Morgan fingerprint density at radius 1 is 0.583 bits per heavy atom. The van der Waals surface area contributed by atoms with Gasteiger partial charge in [0.15, 0.2) is 11.9 Å². The molecule has 0 fully saturated rings. The molecule has 0 aliphatic heterocycles. The predicted octanol–water partition coefficient (Wildman–Crippen LogP) is -3.20. The molecule has 0 aliphatic carbocycles. The Morgan fingerprint density at radius 2 is 0.979 bits per heavy atom. The van der Waals surface area contributed by atoms with Gasteiger partial charge in [0.25, 0.3) is 0 Å². The fraction of sp³-hybridized carbons (Fsp3) is 0.724. The molecule has 17 N–H and O–H groups in total. The van der Waals surface area contributed by atoms with E-state index in [2.05, 4.69) is 31.3 Å². The second kappa shape index (κ2) is 22.8. The summed E-state index contributed by atoms with van der Waals surface area (Å²) in [4.78, 5) is 84.2. The SMILES string of the molecule is CC(C)CC(NC(=O)C(CCCN=C(N)N)NC(=O)C(CCC(N)=O)NC(=O)C(CC(C)C)NC(=O)C(N)CCCN=C(N)N)C(=O)O. The summed E-state index contributed by atoms with van der Waals surface area (Å²) in [5.41, 5.74) is 32.7. The largest absolute Gasteiger partial charge is 0.480 e. The number of amides is 5. The molecule has 0 rings (SSSR count).